The first-order chi connectivity index (χ1) is 9.22. The maximum atomic E-state index is 12.2. The summed E-state index contributed by atoms with van der Waals surface area (Å²) in [6.45, 7) is 2.75. The van der Waals surface area contributed by atoms with Gasteiger partial charge in [0, 0.05) is 18.3 Å². The van der Waals surface area contributed by atoms with Crippen molar-refractivity contribution < 1.29 is 9.59 Å². The Hall–Kier alpha value is -1.84. The topological polar surface area (TPSA) is 49.4 Å². The highest BCUT2D eigenvalue weighted by Crippen LogP contribution is 2.19. The van der Waals surface area contributed by atoms with Crippen LogP contribution in [0.3, 0.4) is 0 Å². The molecule has 1 aliphatic rings. The summed E-state index contributed by atoms with van der Waals surface area (Å²) in [6, 6.07) is 9.29. The van der Waals surface area contributed by atoms with Crippen molar-refractivity contribution in [3.05, 3.63) is 30.3 Å². The Morgan fingerprint density at radius 1 is 1.26 bits per heavy atom. The zero-order chi connectivity index (χ0) is 13.7. The molecule has 2 amide bonds. The minimum absolute atomic E-state index is 0.211. The number of likely N-dealkylation sites (tertiary alicyclic amines) is 1. The van der Waals surface area contributed by atoms with Gasteiger partial charge in [-0.15, -0.1) is 0 Å². The minimum atomic E-state index is -0.536. The van der Waals surface area contributed by atoms with Crippen LogP contribution in [0.1, 0.15) is 32.6 Å². The van der Waals surface area contributed by atoms with Crippen LogP contribution in [-0.2, 0) is 9.59 Å². The summed E-state index contributed by atoms with van der Waals surface area (Å²) in [4.78, 5) is 25.9. The number of nitrogens with zero attached hydrogens (tertiary/aromatic N) is 1. The summed E-state index contributed by atoms with van der Waals surface area (Å²) >= 11 is 0. The Morgan fingerprint density at radius 3 is 2.68 bits per heavy atom. The van der Waals surface area contributed by atoms with E-state index in [1.807, 2.05) is 18.2 Å². The van der Waals surface area contributed by atoms with Crippen LogP contribution in [0.5, 0.6) is 0 Å². The highest BCUT2D eigenvalue weighted by Gasteiger charge is 2.29. The maximum Gasteiger partial charge on any atom is 0.313 e. The summed E-state index contributed by atoms with van der Waals surface area (Å²) in [7, 11) is 0. The summed E-state index contributed by atoms with van der Waals surface area (Å²) in [5, 5.41) is 2.65. The van der Waals surface area contributed by atoms with Gasteiger partial charge in [0.1, 0.15) is 0 Å². The number of piperidine rings is 1. The summed E-state index contributed by atoms with van der Waals surface area (Å²) in [5.41, 5.74) is 0.658. The van der Waals surface area contributed by atoms with Crippen LogP contribution in [0.2, 0.25) is 0 Å². The highest BCUT2D eigenvalue weighted by atomic mass is 16.2. The number of nitrogens with one attached hydrogen (secondary N) is 1. The lowest BCUT2D eigenvalue weighted by Crippen LogP contribution is -2.48. The average molecular weight is 260 g/mol. The Kier molecular flexibility index (Phi) is 4.55. The zero-order valence-corrected chi connectivity index (χ0v) is 11.3. The third-order valence-corrected chi connectivity index (χ3v) is 3.59. The van der Waals surface area contributed by atoms with Crippen molar-refractivity contribution in [2.45, 2.75) is 38.6 Å². The van der Waals surface area contributed by atoms with Gasteiger partial charge in [-0.3, -0.25) is 9.59 Å². The van der Waals surface area contributed by atoms with Gasteiger partial charge in [-0.25, -0.2) is 0 Å². The SMILES string of the molecule is CCC1CCCCN1C(=O)C(=O)Nc1ccccc1. The molecule has 1 aromatic rings. The molecule has 0 radical (unpaired) electrons. The fourth-order valence-corrected chi connectivity index (χ4v) is 2.53. The van der Waals surface area contributed by atoms with Crippen LogP contribution in [0, 0.1) is 0 Å². The van der Waals surface area contributed by atoms with E-state index in [1.54, 1.807) is 17.0 Å². The first kappa shape index (κ1) is 13.6. The van der Waals surface area contributed by atoms with Gasteiger partial charge in [0.05, 0.1) is 0 Å². The molecule has 4 heteroatoms. The van der Waals surface area contributed by atoms with Crippen molar-refractivity contribution in [1.82, 2.24) is 4.90 Å². The fraction of sp³-hybridized carbons (Fsp3) is 0.467. The molecule has 1 aromatic carbocycles. The third-order valence-electron chi connectivity index (χ3n) is 3.59. The molecule has 0 bridgehead atoms. The average Bonchev–Trinajstić information content (AvgIpc) is 2.47. The number of hydrogen-bond acceptors (Lipinski definition) is 2. The number of hydrogen-bond donors (Lipinski definition) is 1. The van der Waals surface area contributed by atoms with Gasteiger partial charge in [0.25, 0.3) is 0 Å². The van der Waals surface area contributed by atoms with Crippen LogP contribution in [0.25, 0.3) is 0 Å². The molecular formula is C15H20N2O2. The number of amides is 2. The van der Waals surface area contributed by atoms with E-state index in [0.717, 1.165) is 25.7 Å². The normalized spacial score (nSPS) is 19.0. The van der Waals surface area contributed by atoms with Crippen LogP contribution >= 0.6 is 0 Å². The minimum Gasteiger partial charge on any atom is -0.331 e. The van der Waals surface area contributed by atoms with E-state index in [2.05, 4.69) is 12.2 Å². The Bertz CT molecular complexity index is 445. The lowest BCUT2D eigenvalue weighted by molar-refractivity contribution is -0.145. The molecule has 1 atom stereocenters. The van der Waals surface area contributed by atoms with Crippen LogP contribution in [0.4, 0.5) is 5.69 Å². The summed E-state index contributed by atoms with van der Waals surface area (Å²) < 4.78 is 0. The van der Waals surface area contributed by atoms with E-state index in [4.69, 9.17) is 0 Å². The van der Waals surface area contributed by atoms with Crippen molar-refractivity contribution >= 4 is 17.5 Å². The molecule has 2 rings (SSSR count). The predicted octanol–water partition coefficient (Wildman–Crippen LogP) is 2.42. The molecule has 0 aromatic heterocycles. The molecule has 102 valence electrons. The third kappa shape index (κ3) is 3.34. The Balaban J connectivity index is 2.00. The first-order valence-corrected chi connectivity index (χ1v) is 6.89. The van der Waals surface area contributed by atoms with Crippen molar-refractivity contribution in [1.29, 1.82) is 0 Å². The molecule has 4 nitrogen and oxygen atoms in total. The van der Waals surface area contributed by atoms with Crippen LogP contribution in [0.15, 0.2) is 30.3 Å². The predicted molar refractivity (Wildman–Crippen MR) is 74.7 cm³/mol. The molecule has 1 unspecified atom stereocenters. The fourth-order valence-electron chi connectivity index (χ4n) is 2.53. The van der Waals surface area contributed by atoms with Gasteiger partial charge in [0.15, 0.2) is 0 Å². The molecule has 1 N–H and O–H groups in total. The number of carbonyl (C=O) groups excluding carboxylic acids is 2. The highest BCUT2D eigenvalue weighted by molar-refractivity contribution is 6.39. The number of benzene rings is 1. The summed E-state index contributed by atoms with van der Waals surface area (Å²) in [6.07, 6.45) is 4.04. The van der Waals surface area contributed by atoms with Crippen molar-refractivity contribution in [2.75, 3.05) is 11.9 Å². The lowest BCUT2D eigenvalue weighted by atomic mass is 10.00. The van der Waals surface area contributed by atoms with E-state index in [1.165, 1.54) is 0 Å². The second-order valence-electron chi connectivity index (χ2n) is 4.88. The van der Waals surface area contributed by atoms with Crippen molar-refractivity contribution in [2.24, 2.45) is 0 Å². The van der Waals surface area contributed by atoms with E-state index >= 15 is 0 Å². The number of anilines is 1. The monoisotopic (exact) mass is 260 g/mol. The Labute approximate surface area is 113 Å². The smallest absolute Gasteiger partial charge is 0.313 e. The van der Waals surface area contributed by atoms with Gasteiger partial charge >= 0.3 is 11.8 Å². The first-order valence-electron chi connectivity index (χ1n) is 6.89. The van der Waals surface area contributed by atoms with Gasteiger partial charge in [-0.2, -0.15) is 0 Å². The second-order valence-corrected chi connectivity index (χ2v) is 4.88. The molecule has 0 saturated carbocycles. The summed E-state index contributed by atoms with van der Waals surface area (Å²) in [5.74, 6) is -0.943. The molecule has 1 saturated heterocycles. The maximum absolute atomic E-state index is 12.2. The van der Waals surface area contributed by atoms with Crippen LogP contribution in [-0.4, -0.2) is 29.3 Å². The standard InChI is InChI=1S/C15H20N2O2/c1-2-13-10-6-7-11-17(13)15(19)14(18)16-12-8-4-3-5-9-12/h3-5,8-9,13H,2,6-7,10-11H2,1H3,(H,16,18). The Morgan fingerprint density at radius 2 is 2.00 bits per heavy atom. The molecule has 1 aliphatic heterocycles. The molecule has 0 spiro atoms. The van der Waals surface area contributed by atoms with Gasteiger partial charge in [-0.05, 0) is 37.8 Å². The quantitative estimate of drug-likeness (QED) is 0.830. The van der Waals surface area contributed by atoms with Crippen molar-refractivity contribution in [3.8, 4) is 0 Å². The molecule has 1 fully saturated rings. The van der Waals surface area contributed by atoms with E-state index in [0.29, 0.717) is 12.2 Å². The van der Waals surface area contributed by atoms with E-state index in [9.17, 15) is 9.59 Å². The molecule has 19 heavy (non-hydrogen) atoms. The van der Waals surface area contributed by atoms with Gasteiger partial charge in [-0.1, -0.05) is 25.1 Å². The largest absolute Gasteiger partial charge is 0.331 e. The van der Waals surface area contributed by atoms with Crippen LogP contribution < -0.4 is 5.32 Å². The number of rotatable bonds is 2. The van der Waals surface area contributed by atoms with E-state index in [-0.39, 0.29) is 6.04 Å². The number of carbonyl (C=O) groups is 2. The molecular weight excluding hydrogens is 240 g/mol. The second kappa shape index (κ2) is 6.36. The lowest BCUT2D eigenvalue weighted by Gasteiger charge is -2.34. The number of para-hydroxylation sites is 1. The molecule has 1 heterocycles. The zero-order valence-electron chi connectivity index (χ0n) is 11.3. The van der Waals surface area contributed by atoms with Gasteiger partial charge < -0.3 is 10.2 Å². The van der Waals surface area contributed by atoms with E-state index < -0.39 is 11.8 Å². The molecule has 0 aliphatic carbocycles. The van der Waals surface area contributed by atoms with Crippen molar-refractivity contribution in [3.63, 3.8) is 0 Å². The van der Waals surface area contributed by atoms with Gasteiger partial charge in [0.2, 0.25) is 0 Å².